The Hall–Kier alpha value is -2.87. The molecule has 0 radical (unpaired) electrons. The normalized spacial score (nSPS) is 11.0. The van der Waals surface area contributed by atoms with Crippen molar-refractivity contribution < 1.29 is 0 Å². The maximum atomic E-state index is 4.69. The Morgan fingerprint density at radius 2 is 1.48 bits per heavy atom. The molecule has 0 aliphatic carbocycles. The number of fused-ring (bicyclic) bond motifs is 1. The second kappa shape index (κ2) is 5.40. The third kappa shape index (κ3) is 2.53. The van der Waals surface area contributed by atoms with Gasteiger partial charge in [0.1, 0.15) is 5.82 Å². The van der Waals surface area contributed by atoms with E-state index in [1.807, 2.05) is 18.2 Å². The van der Waals surface area contributed by atoms with Gasteiger partial charge in [-0.3, -0.25) is 0 Å². The maximum absolute atomic E-state index is 4.69. The molecule has 0 aliphatic rings. The number of H-pyrrole nitrogens is 1. The summed E-state index contributed by atoms with van der Waals surface area (Å²) in [6, 6.07) is 23.3. The fourth-order valence-corrected chi connectivity index (χ4v) is 2.86. The number of aryl methyl sites for hydroxylation is 2. The van der Waals surface area contributed by atoms with Crippen LogP contribution >= 0.6 is 0 Å². The lowest BCUT2D eigenvalue weighted by atomic mass is 9.99. The number of nitrogens with zero attached hydrogens (tertiary/aromatic N) is 1. The van der Waals surface area contributed by atoms with Crippen molar-refractivity contribution in [1.82, 2.24) is 9.97 Å². The van der Waals surface area contributed by atoms with Gasteiger partial charge in [-0.25, -0.2) is 4.98 Å². The second-order valence-electron chi connectivity index (χ2n) is 5.98. The van der Waals surface area contributed by atoms with Gasteiger partial charge in [0.2, 0.25) is 0 Å². The zero-order valence-corrected chi connectivity index (χ0v) is 13.3. The molecule has 0 fully saturated rings. The predicted octanol–water partition coefficient (Wildman–Crippen LogP) is 5.51. The Labute approximate surface area is 135 Å². The smallest absolute Gasteiger partial charge is 0.138 e. The van der Waals surface area contributed by atoms with Gasteiger partial charge < -0.3 is 4.98 Å². The third-order valence-electron chi connectivity index (χ3n) is 4.37. The highest BCUT2D eigenvalue weighted by molar-refractivity contribution is 5.80. The SMILES string of the molecule is Cc1ccc(-c2cccc(-c3nc4ccccc4[nH]3)c2)cc1C. The van der Waals surface area contributed by atoms with Gasteiger partial charge in [0.25, 0.3) is 0 Å². The average Bonchev–Trinajstić information content (AvgIpc) is 3.02. The first-order chi connectivity index (χ1) is 11.2. The molecule has 1 aromatic heterocycles. The average molecular weight is 298 g/mol. The summed E-state index contributed by atoms with van der Waals surface area (Å²) in [5, 5.41) is 0. The third-order valence-corrected chi connectivity index (χ3v) is 4.37. The van der Waals surface area contributed by atoms with Gasteiger partial charge in [0.05, 0.1) is 11.0 Å². The van der Waals surface area contributed by atoms with Crippen molar-refractivity contribution in [3.8, 4) is 22.5 Å². The van der Waals surface area contributed by atoms with Crippen LogP contribution in [0.2, 0.25) is 0 Å². The van der Waals surface area contributed by atoms with Crippen LogP contribution in [0, 0.1) is 13.8 Å². The lowest BCUT2D eigenvalue weighted by Crippen LogP contribution is -1.85. The molecule has 4 rings (SSSR count). The van der Waals surface area contributed by atoms with Gasteiger partial charge in [0.15, 0.2) is 0 Å². The molecule has 0 bridgehead atoms. The lowest BCUT2D eigenvalue weighted by Gasteiger charge is -2.07. The zero-order valence-electron chi connectivity index (χ0n) is 13.3. The molecule has 23 heavy (non-hydrogen) atoms. The van der Waals surface area contributed by atoms with Gasteiger partial charge in [0, 0.05) is 5.56 Å². The Morgan fingerprint density at radius 1 is 0.696 bits per heavy atom. The maximum Gasteiger partial charge on any atom is 0.138 e. The molecule has 0 atom stereocenters. The van der Waals surface area contributed by atoms with Crippen LogP contribution in [0.3, 0.4) is 0 Å². The number of rotatable bonds is 2. The van der Waals surface area contributed by atoms with Gasteiger partial charge in [-0.2, -0.15) is 0 Å². The Balaban J connectivity index is 1.80. The molecule has 3 aromatic carbocycles. The first-order valence-corrected chi connectivity index (χ1v) is 7.83. The minimum Gasteiger partial charge on any atom is -0.338 e. The van der Waals surface area contributed by atoms with Gasteiger partial charge in [-0.05, 0) is 54.3 Å². The van der Waals surface area contributed by atoms with Crippen LogP contribution in [0.5, 0.6) is 0 Å². The molecular weight excluding hydrogens is 280 g/mol. The minimum absolute atomic E-state index is 0.914. The van der Waals surface area contributed by atoms with Crippen LogP contribution < -0.4 is 0 Å². The van der Waals surface area contributed by atoms with Crippen LogP contribution in [0.1, 0.15) is 11.1 Å². The summed E-state index contributed by atoms with van der Waals surface area (Å²) in [4.78, 5) is 8.09. The molecule has 0 aliphatic heterocycles. The molecule has 1 N–H and O–H groups in total. The number of imidazole rings is 1. The number of nitrogens with one attached hydrogen (secondary N) is 1. The standard InChI is InChI=1S/C21H18N2/c1-14-10-11-17(12-15(14)2)16-6-5-7-18(13-16)21-22-19-8-3-4-9-20(19)23-21/h3-13H,1-2H3,(H,22,23). The molecule has 112 valence electrons. The molecule has 1 heterocycles. The molecule has 0 unspecified atom stereocenters. The molecule has 4 aromatic rings. The summed E-state index contributed by atoms with van der Waals surface area (Å²) >= 11 is 0. The quantitative estimate of drug-likeness (QED) is 0.519. The molecular formula is C21H18N2. The monoisotopic (exact) mass is 298 g/mol. The second-order valence-corrected chi connectivity index (χ2v) is 5.98. The molecule has 2 heteroatoms. The van der Waals surface area contributed by atoms with Crippen molar-refractivity contribution >= 4 is 11.0 Å². The number of hydrogen-bond acceptors (Lipinski definition) is 1. The van der Waals surface area contributed by atoms with Crippen molar-refractivity contribution in [3.63, 3.8) is 0 Å². The number of aromatic nitrogens is 2. The fourth-order valence-electron chi connectivity index (χ4n) is 2.86. The topological polar surface area (TPSA) is 28.7 Å². The van der Waals surface area contributed by atoms with E-state index >= 15 is 0 Å². The van der Waals surface area contributed by atoms with Crippen LogP contribution in [-0.2, 0) is 0 Å². The molecule has 0 saturated heterocycles. The Kier molecular flexibility index (Phi) is 3.23. The van der Waals surface area contributed by atoms with E-state index in [1.54, 1.807) is 0 Å². The van der Waals surface area contributed by atoms with E-state index in [-0.39, 0.29) is 0 Å². The van der Waals surface area contributed by atoms with Crippen molar-refractivity contribution in [1.29, 1.82) is 0 Å². The summed E-state index contributed by atoms with van der Waals surface area (Å²) in [5.74, 6) is 0.914. The zero-order chi connectivity index (χ0) is 15.8. The van der Waals surface area contributed by atoms with Gasteiger partial charge in [-0.15, -0.1) is 0 Å². The number of hydrogen-bond donors (Lipinski definition) is 1. The molecule has 0 spiro atoms. The van der Waals surface area contributed by atoms with Gasteiger partial charge in [-0.1, -0.05) is 48.5 Å². The highest BCUT2D eigenvalue weighted by Crippen LogP contribution is 2.27. The summed E-state index contributed by atoms with van der Waals surface area (Å²) in [6.45, 7) is 4.30. The van der Waals surface area contributed by atoms with E-state index in [4.69, 9.17) is 4.98 Å². The van der Waals surface area contributed by atoms with Crippen LogP contribution in [0.25, 0.3) is 33.5 Å². The van der Waals surface area contributed by atoms with E-state index in [0.29, 0.717) is 0 Å². The molecule has 0 saturated carbocycles. The lowest BCUT2D eigenvalue weighted by molar-refractivity contribution is 1.33. The highest BCUT2D eigenvalue weighted by Gasteiger charge is 2.07. The number of aromatic amines is 1. The van der Waals surface area contributed by atoms with E-state index in [9.17, 15) is 0 Å². The van der Waals surface area contributed by atoms with Crippen molar-refractivity contribution in [2.75, 3.05) is 0 Å². The van der Waals surface area contributed by atoms with Crippen molar-refractivity contribution in [2.45, 2.75) is 13.8 Å². The van der Waals surface area contributed by atoms with E-state index in [2.05, 4.69) is 67.4 Å². The number of benzene rings is 3. The van der Waals surface area contributed by atoms with Gasteiger partial charge >= 0.3 is 0 Å². The van der Waals surface area contributed by atoms with E-state index in [1.165, 1.54) is 22.3 Å². The highest BCUT2D eigenvalue weighted by atomic mass is 14.9. The molecule has 0 amide bonds. The summed E-state index contributed by atoms with van der Waals surface area (Å²) < 4.78 is 0. The van der Waals surface area contributed by atoms with Crippen LogP contribution in [0.15, 0.2) is 66.7 Å². The van der Waals surface area contributed by atoms with Crippen LogP contribution in [0.4, 0.5) is 0 Å². The number of para-hydroxylation sites is 2. The Morgan fingerprint density at radius 3 is 2.30 bits per heavy atom. The van der Waals surface area contributed by atoms with E-state index in [0.717, 1.165) is 22.4 Å². The largest absolute Gasteiger partial charge is 0.338 e. The summed E-state index contributed by atoms with van der Waals surface area (Å²) in [5.41, 5.74) is 8.27. The molecule has 2 nitrogen and oxygen atoms in total. The first kappa shape index (κ1) is 13.8. The predicted molar refractivity (Wildman–Crippen MR) is 96.4 cm³/mol. The fraction of sp³-hybridized carbons (Fsp3) is 0.0952. The van der Waals surface area contributed by atoms with E-state index < -0.39 is 0 Å². The summed E-state index contributed by atoms with van der Waals surface area (Å²) in [6.07, 6.45) is 0. The summed E-state index contributed by atoms with van der Waals surface area (Å²) in [7, 11) is 0. The Bertz CT molecular complexity index is 963. The minimum atomic E-state index is 0.914. The first-order valence-electron chi connectivity index (χ1n) is 7.83. The van der Waals surface area contributed by atoms with Crippen molar-refractivity contribution in [2.24, 2.45) is 0 Å². The van der Waals surface area contributed by atoms with Crippen LogP contribution in [-0.4, -0.2) is 9.97 Å². The van der Waals surface area contributed by atoms with Crippen molar-refractivity contribution in [3.05, 3.63) is 77.9 Å².